The van der Waals surface area contributed by atoms with Crippen molar-refractivity contribution in [1.82, 2.24) is 9.80 Å². The van der Waals surface area contributed by atoms with E-state index >= 15 is 0 Å². The smallest absolute Gasteiger partial charge is 0.407 e. The van der Waals surface area contributed by atoms with Gasteiger partial charge in [-0.1, -0.05) is 11.6 Å². The van der Waals surface area contributed by atoms with Crippen LogP contribution in [0.5, 0.6) is 0 Å². The molecule has 0 radical (unpaired) electrons. The van der Waals surface area contributed by atoms with Crippen LogP contribution in [0.1, 0.15) is 22.7 Å². The Hall–Kier alpha value is -1.50. The quantitative estimate of drug-likeness (QED) is 0.618. The molecular weight excluding hydrogens is 343 g/mol. The number of carbonyl (C=O) groups excluding carboxylic acids is 1. The SMILES string of the molecule is O=C(Cl)N1CCc2cc(Cl)cc([C@@H]3COCCN3C(=O)O)c2C1. The molecule has 1 N–H and O–H groups in total. The molecule has 1 atom stereocenters. The van der Waals surface area contributed by atoms with Crippen LogP contribution < -0.4 is 0 Å². The van der Waals surface area contributed by atoms with Crippen molar-refractivity contribution >= 4 is 34.7 Å². The van der Waals surface area contributed by atoms with Crippen molar-refractivity contribution in [2.24, 2.45) is 0 Å². The van der Waals surface area contributed by atoms with Crippen molar-refractivity contribution in [1.29, 1.82) is 0 Å². The Morgan fingerprint density at radius 2 is 2.09 bits per heavy atom. The Kier molecular flexibility index (Phi) is 4.66. The van der Waals surface area contributed by atoms with Crippen LogP contribution in [0.3, 0.4) is 0 Å². The first kappa shape index (κ1) is 16.4. The normalized spacial score (nSPS) is 21.0. The highest BCUT2D eigenvalue weighted by atomic mass is 35.5. The second kappa shape index (κ2) is 6.55. The molecule has 6 nitrogen and oxygen atoms in total. The van der Waals surface area contributed by atoms with E-state index in [-0.39, 0.29) is 6.61 Å². The Morgan fingerprint density at radius 3 is 2.78 bits per heavy atom. The van der Waals surface area contributed by atoms with Crippen LogP contribution >= 0.6 is 23.2 Å². The molecule has 23 heavy (non-hydrogen) atoms. The molecule has 0 unspecified atom stereocenters. The van der Waals surface area contributed by atoms with Crippen molar-refractivity contribution in [2.45, 2.75) is 19.0 Å². The Balaban J connectivity index is 2.03. The zero-order valence-corrected chi connectivity index (χ0v) is 13.8. The van der Waals surface area contributed by atoms with Gasteiger partial charge in [0, 0.05) is 24.7 Å². The van der Waals surface area contributed by atoms with Gasteiger partial charge >= 0.3 is 11.5 Å². The summed E-state index contributed by atoms with van der Waals surface area (Å²) in [7, 11) is 0. The van der Waals surface area contributed by atoms with Gasteiger partial charge in [0.2, 0.25) is 0 Å². The van der Waals surface area contributed by atoms with E-state index in [9.17, 15) is 14.7 Å². The van der Waals surface area contributed by atoms with Crippen molar-refractivity contribution in [2.75, 3.05) is 26.3 Å². The lowest BCUT2D eigenvalue weighted by Gasteiger charge is -2.37. The number of morpholine rings is 1. The van der Waals surface area contributed by atoms with E-state index in [2.05, 4.69) is 0 Å². The number of carbonyl (C=O) groups is 2. The first-order valence-corrected chi connectivity index (χ1v) is 8.06. The van der Waals surface area contributed by atoms with Gasteiger partial charge < -0.3 is 14.7 Å². The minimum Gasteiger partial charge on any atom is -0.465 e. The van der Waals surface area contributed by atoms with Gasteiger partial charge in [0.1, 0.15) is 0 Å². The van der Waals surface area contributed by atoms with Crippen molar-refractivity contribution < 1.29 is 19.4 Å². The highest BCUT2D eigenvalue weighted by molar-refractivity contribution is 6.62. The van der Waals surface area contributed by atoms with Crippen LogP contribution in [0.4, 0.5) is 9.59 Å². The molecule has 0 spiro atoms. The molecular formula is C15H16Cl2N2O4. The van der Waals surface area contributed by atoms with Crippen LogP contribution in [-0.4, -0.2) is 52.7 Å². The fourth-order valence-corrected chi connectivity index (χ4v) is 3.59. The predicted octanol–water partition coefficient (Wildman–Crippen LogP) is 3.11. The van der Waals surface area contributed by atoms with E-state index in [0.717, 1.165) is 16.7 Å². The van der Waals surface area contributed by atoms with Crippen LogP contribution in [0.2, 0.25) is 5.02 Å². The summed E-state index contributed by atoms with van der Waals surface area (Å²) in [5, 5.41) is 9.48. The number of amides is 2. The van der Waals surface area contributed by atoms with E-state index in [0.29, 0.717) is 37.7 Å². The largest absolute Gasteiger partial charge is 0.465 e. The summed E-state index contributed by atoms with van der Waals surface area (Å²) < 4.78 is 5.47. The molecule has 0 saturated carbocycles. The van der Waals surface area contributed by atoms with Crippen molar-refractivity contribution in [3.8, 4) is 0 Å². The minimum absolute atomic E-state index is 0.272. The van der Waals surface area contributed by atoms with E-state index in [1.807, 2.05) is 6.07 Å². The molecule has 0 aliphatic carbocycles. The molecule has 2 amide bonds. The van der Waals surface area contributed by atoms with Crippen molar-refractivity contribution in [3.63, 3.8) is 0 Å². The number of carboxylic acid groups (broad SMARTS) is 1. The van der Waals surface area contributed by atoms with E-state index in [1.165, 1.54) is 9.80 Å². The summed E-state index contributed by atoms with van der Waals surface area (Å²) in [6.45, 7) is 1.83. The molecule has 2 aliphatic heterocycles. The van der Waals surface area contributed by atoms with Crippen molar-refractivity contribution in [3.05, 3.63) is 33.8 Å². The average Bonchev–Trinajstić information content (AvgIpc) is 2.53. The van der Waals surface area contributed by atoms with Gasteiger partial charge in [0.25, 0.3) is 0 Å². The molecule has 2 heterocycles. The van der Waals surface area contributed by atoms with Gasteiger partial charge in [0.15, 0.2) is 0 Å². The van der Waals surface area contributed by atoms with Gasteiger partial charge in [-0.3, -0.25) is 9.69 Å². The number of hydrogen-bond acceptors (Lipinski definition) is 3. The summed E-state index contributed by atoms with van der Waals surface area (Å²) in [5.41, 5.74) is 2.73. The predicted molar refractivity (Wildman–Crippen MR) is 85.1 cm³/mol. The summed E-state index contributed by atoms with van der Waals surface area (Å²) in [6.07, 6.45) is -0.352. The van der Waals surface area contributed by atoms with E-state index in [1.54, 1.807) is 6.07 Å². The van der Waals surface area contributed by atoms with Crippen LogP contribution in [-0.2, 0) is 17.7 Å². The molecule has 1 fully saturated rings. The molecule has 3 rings (SSSR count). The first-order valence-electron chi connectivity index (χ1n) is 7.30. The summed E-state index contributed by atoms with van der Waals surface area (Å²) in [6, 6.07) is 3.20. The van der Waals surface area contributed by atoms with E-state index in [4.69, 9.17) is 27.9 Å². The molecule has 0 bridgehead atoms. The van der Waals surface area contributed by atoms with Gasteiger partial charge in [-0.05, 0) is 46.8 Å². The third-order valence-electron chi connectivity index (χ3n) is 4.32. The zero-order valence-electron chi connectivity index (χ0n) is 12.3. The first-order chi connectivity index (χ1) is 11.0. The fourth-order valence-electron chi connectivity index (χ4n) is 3.20. The number of benzene rings is 1. The lowest BCUT2D eigenvalue weighted by molar-refractivity contribution is -0.00139. The standard InChI is InChI=1S/C15H16Cl2N2O4/c16-10-5-9-1-2-18(14(17)20)7-12(9)11(6-10)13-8-23-4-3-19(13)15(21)22/h5-6,13H,1-4,7-8H2,(H,21,22)/t13-/m0/s1. The monoisotopic (exact) mass is 358 g/mol. The highest BCUT2D eigenvalue weighted by Gasteiger charge is 2.33. The number of rotatable bonds is 1. The van der Waals surface area contributed by atoms with E-state index < -0.39 is 17.5 Å². The number of halogens is 2. The van der Waals surface area contributed by atoms with Gasteiger partial charge in [-0.15, -0.1) is 0 Å². The lowest BCUT2D eigenvalue weighted by atomic mass is 9.90. The summed E-state index contributed by atoms with van der Waals surface area (Å²) in [4.78, 5) is 25.9. The third-order valence-corrected chi connectivity index (χ3v) is 4.78. The summed E-state index contributed by atoms with van der Waals surface area (Å²) in [5.74, 6) is 0. The summed E-state index contributed by atoms with van der Waals surface area (Å²) >= 11 is 11.8. The highest BCUT2D eigenvalue weighted by Crippen LogP contribution is 2.34. The van der Waals surface area contributed by atoms with Crippen LogP contribution in [0, 0.1) is 0 Å². The van der Waals surface area contributed by atoms with Crippen LogP contribution in [0.25, 0.3) is 0 Å². The maximum Gasteiger partial charge on any atom is 0.407 e. The Morgan fingerprint density at radius 1 is 1.30 bits per heavy atom. The molecule has 1 aromatic rings. The minimum atomic E-state index is -0.992. The third kappa shape index (κ3) is 3.24. The maximum absolute atomic E-state index is 11.5. The molecule has 0 aromatic heterocycles. The molecule has 124 valence electrons. The maximum atomic E-state index is 11.5. The number of ether oxygens (including phenoxy) is 1. The number of fused-ring (bicyclic) bond motifs is 1. The second-order valence-electron chi connectivity index (χ2n) is 5.62. The topological polar surface area (TPSA) is 70.1 Å². The molecule has 1 aromatic carbocycles. The van der Waals surface area contributed by atoms with Gasteiger partial charge in [-0.2, -0.15) is 0 Å². The lowest BCUT2D eigenvalue weighted by Crippen LogP contribution is -2.43. The Bertz CT molecular complexity index is 653. The number of nitrogens with zero attached hydrogens (tertiary/aromatic N) is 2. The molecule has 2 aliphatic rings. The molecule has 8 heteroatoms. The van der Waals surface area contributed by atoms with Gasteiger partial charge in [-0.25, -0.2) is 4.79 Å². The van der Waals surface area contributed by atoms with Gasteiger partial charge in [0.05, 0.1) is 19.3 Å². The Labute approximate surface area is 143 Å². The number of hydrogen-bond donors (Lipinski definition) is 1. The zero-order chi connectivity index (χ0) is 16.6. The average molecular weight is 359 g/mol. The second-order valence-corrected chi connectivity index (χ2v) is 6.38. The van der Waals surface area contributed by atoms with Crippen LogP contribution in [0.15, 0.2) is 12.1 Å². The molecule has 1 saturated heterocycles. The fraction of sp³-hybridized carbons (Fsp3) is 0.467.